The van der Waals surface area contributed by atoms with Crippen LogP contribution >= 0.6 is 35.1 Å². The van der Waals surface area contributed by atoms with E-state index >= 15 is 0 Å². The van der Waals surface area contributed by atoms with Gasteiger partial charge in [0.2, 0.25) is 0 Å². The highest BCUT2D eigenvalue weighted by atomic mass is 35.5. The molecular weight excluding hydrogens is 384 g/mol. The molecule has 128 valence electrons. The average Bonchev–Trinajstić information content (AvgIpc) is 2.68. The second-order valence-corrected chi connectivity index (χ2v) is 7.64. The number of hydrogen-bond donors (Lipinski definition) is 1. The largest absolute Gasteiger partial charge is 0.382 e. The van der Waals surface area contributed by atoms with Gasteiger partial charge in [0.15, 0.2) is 6.17 Å². The number of aliphatic hydroxyl groups is 1. The molecule has 0 saturated carbocycles. The zero-order valence-corrected chi connectivity index (χ0v) is 14.6. The van der Waals surface area contributed by atoms with Crippen LogP contribution in [0.25, 0.3) is 0 Å². The molecule has 0 amide bonds. The van der Waals surface area contributed by atoms with E-state index < -0.39 is 24.0 Å². The van der Waals surface area contributed by atoms with Gasteiger partial charge in [0.25, 0.3) is 0 Å². The van der Waals surface area contributed by atoms with Crippen molar-refractivity contribution in [3.8, 4) is 0 Å². The standard InChI is InChI=1S/C16H11ClF4OS2/c1-23-10-2-3-11(24-9-5-7(17)4-8(18)6-9)12-13(10)15(22)16(20,21)14(12)19/h2-6,14-15,22H,1H3. The predicted octanol–water partition coefficient (Wildman–Crippen LogP) is 6.05. The Balaban J connectivity index is 2.12. The minimum absolute atomic E-state index is 0.104. The van der Waals surface area contributed by atoms with E-state index in [4.69, 9.17) is 11.6 Å². The van der Waals surface area contributed by atoms with Crippen LogP contribution in [0.15, 0.2) is 45.0 Å². The fraction of sp³-hybridized carbons (Fsp3) is 0.250. The smallest absolute Gasteiger partial charge is 0.312 e. The molecule has 0 aromatic heterocycles. The number of thioether (sulfide) groups is 1. The minimum atomic E-state index is -3.90. The highest BCUT2D eigenvalue weighted by Gasteiger charge is 2.57. The van der Waals surface area contributed by atoms with Crippen molar-refractivity contribution in [3.63, 3.8) is 0 Å². The number of aliphatic hydroxyl groups excluding tert-OH is 1. The van der Waals surface area contributed by atoms with Gasteiger partial charge < -0.3 is 5.11 Å². The Morgan fingerprint density at radius 3 is 2.42 bits per heavy atom. The first-order chi connectivity index (χ1) is 11.3. The molecule has 2 unspecified atom stereocenters. The van der Waals surface area contributed by atoms with Crippen LogP contribution in [0.4, 0.5) is 17.6 Å². The molecule has 0 fully saturated rings. The molecule has 2 aromatic carbocycles. The number of rotatable bonds is 3. The van der Waals surface area contributed by atoms with Gasteiger partial charge in [0, 0.05) is 30.8 Å². The first kappa shape index (κ1) is 17.9. The van der Waals surface area contributed by atoms with Crippen molar-refractivity contribution in [2.75, 3.05) is 6.26 Å². The van der Waals surface area contributed by atoms with Crippen molar-refractivity contribution in [1.82, 2.24) is 0 Å². The molecule has 0 aliphatic heterocycles. The molecule has 0 saturated heterocycles. The van der Waals surface area contributed by atoms with E-state index in [9.17, 15) is 22.7 Å². The lowest BCUT2D eigenvalue weighted by atomic mass is 10.1. The van der Waals surface area contributed by atoms with Gasteiger partial charge >= 0.3 is 5.92 Å². The Morgan fingerprint density at radius 2 is 1.79 bits per heavy atom. The quantitative estimate of drug-likeness (QED) is 0.506. The van der Waals surface area contributed by atoms with Crippen molar-refractivity contribution in [2.24, 2.45) is 0 Å². The zero-order valence-electron chi connectivity index (χ0n) is 12.2. The third-order valence-corrected chi connectivity index (χ3v) is 5.78. The SMILES string of the molecule is CSc1ccc(Sc2cc(F)cc(Cl)c2)c2c1C(O)C(F)(F)C2F. The predicted molar refractivity (Wildman–Crippen MR) is 87.5 cm³/mol. The van der Waals surface area contributed by atoms with Gasteiger partial charge in [-0.25, -0.2) is 8.78 Å². The summed E-state index contributed by atoms with van der Waals surface area (Å²) in [6.45, 7) is 0. The maximum absolute atomic E-state index is 14.3. The van der Waals surface area contributed by atoms with Gasteiger partial charge in [-0.15, -0.1) is 11.8 Å². The molecule has 0 radical (unpaired) electrons. The van der Waals surface area contributed by atoms with Crippen molar-refractivity contribution in [1.29, 1.82) is 0 Å². The summed E-state index contributed by atoms with van der Waals surface area (Å²) in [5, 5.41) is 10.0. The highest BCUT2D eigenvalue weighted by molar-refractivity contribution is 7.99. The lowest BCUT2D eigenvalue weighted by Gasteiger charge is -2.16. The Bertz CT molecular complexity index is 780. The van der Waals surface area contributed by atoms with Crippen LogP contribution in [0, 0.1) is 5.82 Å². The maximum Gasteiger partial charge on any atom is 0.312 e. The number of hydrogen-bond acceptors (Lipinski definition) is 3. The maximum atomic E-state index is 14.3. The normalized spacial score (nSPS) is 21.8. The molecule has 1 nitrogen and oxygen atoms in total. The van der Waals surface area contributed by atoms with Crippen molar-refractivity contribution >= 4 is 35.1 Å². The second kappa shape index (κ2) is 6.44. The summed E-state index contributed by atoms with van der Waals surface area (Å²) in [7, 11) is 0. The first-order valence-electron chi connectivity index (χ1n) is 6.80. The number of halogens is 5. The molecule has 8 heteroatoms. The summed E-state index contributed by atoms with van der Waals surface area (Å²) >= 11 is 7.87. The lowest BCUT2D eigenvalue weighted by molar-refractivity contribution is -0.144. The second-order valence-electron chi connectivity index (χ2n) is 5.24. The highest BCUT2D eigenvalue weighted by Crippen LogP contribution is 2.57. The fourth-order valence-corrected chi connectivity index (χ4v) is 4.65. The van der Waals surface area contributed by atoms with E-state index in [-0.39, 0.29) is 21.0 Å². The fourth-order valence-electron chi connectivity index (χ4n) is 2.64. The Labute approximate surface area is 149 Å². The Hall–Kier alpha value is -0.890. The first-order valence-corrected chi connectivity index (χ1v) is 9.22. The van der Waals surface area contributed by atoms with Crippen LogP contribution < -0.4 is 0 Å². The molecule has 1 aliphatic carbocycles. The molecule has 3 rings (SSSR count). The van der Waals surface area contributed by atoms with E-state index in [0.717, 1.165) is 29.6 Å². The molecule has 2 atom stereocenters. The Kier molecular flexibility index (Phi) is 4.81. The third kappa shape index (κ3) is 2.92. The zero-order chi connectivity index (χ0) is 17.6. The van der Waals surface area contributed by atoms with Crippen LogP contribution in [-0.2, 0) is 0 Å². The van der Waals surface area contributed by atoms with Gasteiger partial charge in [0.05, 0.1) is 0 Å². The van der Waals surface area contributed by atoms with Crippen molar-refractivity contribution in [2.45, 2.75) is 32.9 Å². The van der Waals surface area contributed by atoms with Crippen LogP contribution in [0.3, 0.4) is 0 Å². The molecule has 0 heterocycles. The van der Waals surface area contributed by atoms with Crippen LogP contribution in [0.1, 0.15) is 23.4 Å². The molecule has 1 aliphatic rings. The lowest BCUT2D eigenvalue weighted by Crippen LogP contribution is -2.24. The van der Waals surface area contributed by atoms with Gasteiger partial charge in [-0.1, -0.05) is 23.4 Å². The molecule has 1 N–H and O–H groups in total. The van der Waals surface area contributed by atoms with Crippen LogP contribution in [0.5, 0.6) is 0 Å². The van der Waals surface area contributed by atoms with E-state index in [1.54, 1.807) is 12.3 Å². The number of alkyl halides is 3. The topological polar surface area (TPSA) is 20.2 Å². The van der Waals surface area contributed by atoms with E-state index in [2.05, 4.69) is 0 Å². The van der Waals surface area contributed by atoms with Gasteiger partial charge in [-0.05, 0) is 36.6 Å². The number of benzene rings is 2. The van der Waals surface area contributed by atoms with Crippen molar-refractivity contribution < 1.29 is 22.7 Å². The van der Waals surface area contributed by atoms with Crippen LogP contribution in [-0.4, -0.2) is 17.3 Å². The summed E-state index contributed by atoms with van der Waals surface area (Å²) < 4.78 is 55.7. The third-order valence-electron chi connectivity index (χ3n) is 3.72. The average molecular weight is 395 g/mol. The molecular formula is C16H11ClF4OS2. The molecule has 0 bridgehead atoms. The van der Waals surface area contributed by atoms with Crippen LogP contribution in [0.2, 0.25) is 5.02 Å². The summed E-state index contributed by atoms with van der Waals surface area (Å²) in [4.78, 5) is 0.947. The summed E-state index contributed by atoms with van der Waals surface area (Å²) in [5.41, 5.74) is -0.350. The monoisotopic (exact) mass is 394 g/mol. The van der Waals surface area contributed by atoms with Gasteiger partial charge in [-0.3, -0.25) is 0 Å². The summed E-state index contributed by atoms with van der Waals surface area (Å²) in [6, 6.07) is 6.80. The molecule has 0 spiro atoms. The minimum Gasteiger partial charge on any atom is -0.382 e. The summed E-state index contributed by atoms with van der Waals surface area (Å²) in [6.07, 6.45) is -3.17. The summed E-state index contributed by atoms with van der Waals surface area (Å²) in [5.74, 6) is -4.48. The van der Waals surface area contributed by atoms with Crippen molar-refractivity contribution in [3.05, 3.63) is 52.3 Å². The van der Waals surface area contributed by atoms with E-state index in [0.29, 0.717) is 9.79 Å². The molecule has 24 heavy (non-hydrogen) atoms. The molecule has 2 aromatic rings. The van der Waals surface area contributed by atoms with E-state index in [1.807, 2.05) is 0 Å². The Morgan fingerprint density at radius 1 is 1.12 bits per heavy atom. The van der Waals surface area contributed by atoms with Gasteiger partial charge in [-0.2, -0.15) is 8.78 Å². The number of fused-ring (bicyclic) bond motifs is 1. The van der Waals surface area contributed by atoms with E-state index in [1.165, 1.54) is 18.2 Å². The van der Waals surface area contributed by atoms with Gasteiger partial charge in [0.1, 0.15) is 11.9 Å².